The van der Waals surface area contributed by atoms with E-state index in [2.05, 4.69) is 15.5 Å². The van der Waals surface area contributed by atoms with Gasteiger partial charge in [-0.15, -0.1) is 21.5 Å². The monoisotopic (exact) mass is 403 g/mol. The van der Waals surface area contributed by atoms with E-state index in [0.29, 0.717) is 28.2 Å². The van der Waals surface area contributed by atoms with Crippen LogP contribution in [0, 0.1) is 0 Å². The Morgan fingerprint density at radius 2 is 2.22 bits per heavy atom. The molecule has 0 aromatic carbocycles. The van der Waals surface area contributed by atoms with Crippen molar-refractivity contribution in [3.8, 4) is 0 Å². The molecule has 0 radical (unpaired) electrons. The van der Waals surface area contributed by atoms with Crippen LogP contribution < -0.4 is 11.1 Å². The molecule has 1 aliphatic carbocycles. The third-order valence-electron chi connectivity index (χ3n) is 4.10. The van der Waals surface area contributed by atoms with Gasteiger partial charge in [-0.25, -0.2) is 0 Å². The molecule has 27 heavy (non-hydrogen) atoms. The standard InChI is InChI=1S/C17H17N5O3S2/c18-14(24)12-5-7-26-16(12)19-13(23)9-27-17-21-20-15(10-3-4-10)22(17)8-11-2-1-6-25-11/h1-2,5-7,10H,3-4,8-9H2,(H2,18,24)(H,19,23). The average Bonchev–Trinajstić information content (AvgIpc) is 3.04. The highest BCUT2D eigenvalue weighted by atomic mass is 32.2. The van der Waals surface area contributed by atoms with Crippen LogP contribution in [0.3, 0.4) is 0 Å². The fourth-order valence-corrected chi connectivity index (χ4v) is 4.20. The van der Waals surface area contributed by atoms with Gasteiger partial charge >= 0.3 is 0 Å². The van der Waals surface area contributed by atoms with E-state index in [1.807, 2.05) is 16.7 Å². The summed E-state index contributed by atoms with van der Waals surface area (Å²) < 4.78 is 7.45. The molecule has 3 heterocycles. The third kappa shape index (κ3) is 4.06. The molecule has 1 fully saturated rings. The van der Waals surface area contributed by atoms with Gasteiger partial charge in [-0.3, -0.25) is 14.2 Å². The van der Waals surface area contributed by atoms with E-state index in [0.717, 1.165) is 24.4 Å². The number of furan rings is 1. The van der Waals surface area contributed by atoms with Crippen LogP contribution in [-0.4, -0.2) is 32.3 Å². The van der Waals surface area contributed by atoms with Crippen molar-refractivity contribution in [2.24, 2.45) is 5.73 Å². The minimum atomic E-state index is -0.563. The SMILES string of the molecule is NC(=O)c1ccsc1NC(=O)CSc1nnc(C2CC2)n1Cc1ccco1. The van der Waals surface area contributed by atoms with Gasteiger partial charge in [0, 0.05) is 5.92 Å². The fraction of sp³-hybridized carbons (Fsp3) is 0.294. The van der Waals surface area contributed by atoms with Gasteiger partial charge in [0.05, 0.1) is 24.1 Å². The highest BCUT2D eigenvalue weighted by Gasteiger charge is 2.30. The van der Waals surface area contributed by atoms with Gasteiger partial charge in [-0.05, 0) is 36.4 Å². The Hall–Kier alpha value is -2.59. The van der Waals surface area contributed by atoms with Crippen molar-refractivity contribution in [3.05, 3.63) is 47.0 Å². The molecule has 1 saturated carbocycles. The lowest BCUT2D eigenvalue weighted by Crippen LogP contribution is -2.18. The Balaban J connectivity index is 1.44. The Labute approximate surface area is 163 Å². The van der Waals surface area contributed by atoms with Gasteiger partial charge in [-0.1, -0.05) is 11.8 Å². The summed E-state index contributed by atoms with van der Waals surface area (Å²) in [5, 5.41) is 14.1. The summed E-state index contributed by atoms with van der Waals surface area (Å²) in [5.41, 5.74) is 5.62. The molecule has 3 aromatic rings. The van der Waals surface area contributed by atoms with E-state index < -0.39 is 5.91 Å². The third-order valence-corrected chi connectivity index (χ3v) is 5.89. The summed E-state index contributed by atoms with van der Waals surface area (Å²) in [5.74, 6) is 1.53. The first-order valence-corrected chi connectivity index (χ1v) is 10.2. The van der Waals surface area contributed by atoms with Gasteiger partial charge in [-0.2, -0.15) is 0 Å². The molecule has 0 unspecified atom stereocenters. The van der Waals surface area contributed by atoms with Crippen molar-refractivity contribution < 1.29 is 14.0 Å². The van der Waals surface area contributed by atoms with E-state index >= 15 is 0 Å². The van der Waals surface area contributed by atoms with Gasteiger partial charge in [0.15, 0.2) is 5.16 Å². The minimum Gasteiger partial charge on any atom is -0.467 e. The predicted molar refractivity (Wildman–Crippen MR) is 102 cm³/mol. The zero-order chi connectivity index (χ0) is 18.8. The molecule has 4 rings (SSSR count). The van der Waals surface area contributed by atoms with Crippen molar-refractivity contribution in [1.29, 1.82) is 0 Å². The molecule has 0 atom stereocenters. The molecule has 0 saturated heterocycles. The number of thioether (sulfide) groups is 1. The summed E-state index contributed by atoms with van der Waals surface area (Å²) in [6.45, 7) is 0.534. The number of primary amides is 1. The summed E-state index contributed by atoms with van der Waals surface area (Å²) in [6.07, 6.45) is 3.85. The van der Waals surface area contributed by atoms with Crippen molar-refractivity contribution >= 4 is 39.9 Å². The first-order chi connectivity index (χ1) is 13.1. The summed E-state index contributed by atoms with van der Waals surface area (Å²) in [4.78, 5) is 23.6. The Bertz CT molecular complexity index is 959. The number of carbonyl (C=O) groups is 2. The van der Waals surface area contributed by atoms with Gasteiger partial charge in [0.25, 0.3) is 5.91 Å². The summed E-state index contributed by atoms with van der Waals surface area (Å²) in [7, 11) is 0. The lowest BCUT2D eigenvalue weighted by Gasteiger charge is -2.08. The average molecular weight is 403 g/mol. The highest BCUT2D eigenvalue weighted by molar-refractivity contribution is 7.99. The Morgan fingerprint density at radius 3 is 2.93 bits per heavy atom. The minimum absolute atomic E-state index is 0.150. The number of aromatic nitrogens is 3. The largest absolute Gasteiger partial charge is 0.467 e. The molecule has 0 spiro atoms. The second kappa shape index (κ2) is 7.57. The zero-order valence-electron chi connectivity index (χ0n) is 14.3. The normalized spacial score (nSPS) is 13.6. The van der Waals surface area contributed by atoms with Crippen LogP contribution in [0.4, 0.5) is 5.00 Å². The van der Waals surface area contributed by atoms with Crippen LogP contribution >= 0.6 is 23.1 Å². The molecule has 3 aromatic heterocycles. The molecule has 0 bridgehead atoms. The van der Waals surface area contributed by atoms with E-state index in [9.17, 15) is 9.59 Å². The van der Waals surface area contributed by atoms with Gasteiger partial charge in [0.1, 0.15) is 16.6 Å². The number of thiophene rings is 1. The van der Waals surface area contributed by atoms with Crippen LogP contribution in [0.2, 0.25) is 0 Å². The first kappa shape index (κ1) is 17.8. The number of amides is 2. The van der Waals surface area contributed by atoms with Gasteiger partial charge in [0.2, 0.25) is 5.91 Å². The smallest absolute Gasteiger partial charge is 0.251 e. The van der Waals surface area contributed by atoms with Crippen molar-refractivity contribution in [3.63, 3.8) is 0 Å². The molecule has 140 valence electrons. The number of anilines is 1. The summed E-state index contributed by atoms with van der Waals surface area (Å²) >= 11 is 2.57. The molecular weight excluding hydrogens is 386 g/mol. The van der Waals surface area contributed by atoms with E-state index in [-0.39, 0.29) is 11.7 Å². The maximum Gasteiger partial charge on any atom is 0.251 e. The zero-order valence-corrected chi connectivity index (χ0v) is 15.9. The van der Waals surface area contributed by atoms with Crippen LogP contribution in [0.15, 0.2) is 39.4 Å². The molecule has 2 amide bonds. The number of nitrogens with two attached hydrogens (primary N) is 1. The van der Waals surface area contributed by atoms with Crippen LogP contribution in [-0.2, 0) is 11.3 Å². The quantitative estimate of drug-likeness (QED) is 0.559. The Kier molecular flexibility index (Phi) is 4.99. The maximum atomic E-state index is 12.3. The molecule has 10 heteroatoms. The number of nitrogens with one attached hydrogen (secondary N) is 1. The predicted octanol–water partition coefficient (Wildman–Crippen LogP) is 2.69. The first-order valence-electron chi connectivity index (χ1n) is 8.37. The van der Waals surface area contributed by atoms with Crippen LogP contribution in [0.1, 0.15) is 40.7 Å². The number of hydrogen-bond acceptors (Lipinski definition) is 7. The van der Waals surface area contributed by atoms with Crippen LogP contribution in [0.25, 0.3) is 0 Å². The second-order valence-electron chi connectivity index (χ2n) is 6.15. The number of carbonyl (C=O) groups excluding carboxylic acids is 2. The topological polar surface area (TPSA) is 116 Å². The van der Waals surface area contributed by atoms with Crippen molar-refractivity contribution in [1.82, 2.24) is 14.8 Å². The van der Waals surface area contributed by atoms with Gasteiger partial charge < -0.3 is 15.5 Å². The lowest BCUT2D eigenvalue weighted by atomic mass is 10.3. The van der Waals surface area contributed by atoms with E-state index in [1.54, 1.807) is 17.7 Å². The molecular formula is C17H17N5O3S2. The highest BCUT2D eigenvalue weighted by Crippen LogP contribution is 2.40. The summed E-state index contributed by atoms with van der Waals surface area (Å²) in [6, 6.07) is 5.34. The maximum absolute atomic E-state index is 12.3. The lowest BCUT2D eigenvalue weighted by molar-refractivity contribution is -0.113. The second-order valence-corrected chi connectivity index (χ2v) is 8.00. The Morgan fingerprint density at radius 1 is 1.37 bits per heavy atom. The molecule has 8 nitrogen and oxygen atoms in total. The molecule has 0 aliphatic heterocycles. The molecule has 1 aliphatic rings. The van der Waals surface area contributed by atoms with Crippen LogP contribution in [0.5, 0.6) is 0 Å². The number of rotatable bonds is 8. The van der Waals surface area contributed by atoms with Crippen molar-refractivity contribution in [2.45, 2.75) is 30.5 Å². The van der Waals surface area contributed by atoms with E-state index in [1.165, 1.54) is 23.1 Å². The van der Waals surface area contributed by atoms with E-state index in [4.69, 9.17) is 10.2 Å². The molecule has 3 N–H and O–H groups in total. The fourth-order valence-electron chi connectivity index (χ4n) is 2.65. The number of hydrogen-bond donors (Lipinski definition) is 2. The van der Waals surface area contributed by atoms with Crippen molar-refractivity contribution in [2.75, 3.05) is 11.1 Å². The number of nitrogens with zero attached hydrogens (tertiary/aromatic N) is 3.